The summed E-state index contributed by atoms with van der Waals surface area (Å²) < 4.78 is 23.9. The number of piperazine rings is 1. The van der Waals surface area contributed by atoms with Gasteiger partial charge in [-0.25, -0.2) is 4.39 Å². The van der Waals surface area contributed by atoms with Crippen molar-refractivity contribution in [2.24, 2.45) is 0 Å². The maximum Gasteiger partial charge on any atom is 0.165 e. The molecule has 1 fully saturated rings. The minimum atomic E-state index is -0.295. The predicted molar refractivity (Wildman–Crippen MR) is 76.7 cm³/mol. The van der Waals surface area contributed by atoms with E-state index in [4.69, 9.17) is 9.47 Å². The highest BCUT2D eigenvalue weighted by Gasteiger charge is 2.16. The van der Waals surface area contributed by atoms with E-state index < -0.39 is 0 Å². The lowest BCUT2D eigenvalue weighted by Gasteiger charge is -2.34. The van der Waals surface area contributed by atoms with Gasteiger partial charge < -0.3 is 9.47 Å². The summed E-state index contributed by atoms with van der Waals surface area (Å²) in [6.07, 6.45) is 0. The van der Waals surface area contributed by atoms with E-state index in [2.05, 4.69) is 9.80 Å². The summed E-state index contributed by atoms with van der Waals surface area (Å²) in [6, 6.07) is 6.54. The molecule has 5 heteroatoms. The zero-order valence-corrected chi connectivity index (χ0v) is 12.1. The van der Waals surface area contributed by atoms with Crippen molar-refractivity contribution in [1.29, 1.82) is 0 Å². The van der Waals surface area contributed by atoms with Crippen molar-refractivity contribution in [3.8, 4) is 5.75 Å². The Labute approximate surface area is 120 Å². The number of nitrogens with zero attached hydrogens (tertiary/aromatic N) is 2. The Morgan fingerprint density at radius 1 is 1.00 bits per heavy atom. The van der Waals surface area contributed by atoms with Crippen molar-refractivity contribution in [2.75, 3.05) is 59.6 Å². The van der Waals surface area contributed by atoms with Crippen molar-refractivity contribution in [1.82, 2.24) is 9.80 Å². The third-order valence-electron chi connectivity index (χ3n) is 3.58. The maximum absolute atomic E-state index is 13.4. The molecule has 0 bridgehead atoms. The van der Waals surface area contributed by atoms with Gasteiger partial charge in [-0.3, -0.25) is 9.80 Å². The SMILES string of the molecule is COCCN1CCN(CCOc2ccccc2F)CC1. The molecule has 0 aliphatic carbocycles. The lowest BCUT2D eigenvalue weighted by Crippen LogP contribution is -2.48. The van der Waals surface area contributed by atoms with Gasteiger partial charge in [-0.2, -0.15) is 0 Å². The zero-order chi connectivity index (χ0) is 14.2. The van der Waals surface area contributed by atoms with Crippen molar-refractivity contribution in [3.05, 3.63) is 30.1 Å². The first-order chi connectivity index (χ1) is 9.79. The van der Waals surface area contributed by atoms with Gasteiger partial charge in [0, 0.05) is 46.4 Å². The first-order valence-electron chi connectivity index (χ1n) is 7.10. The molecule has 1 aliphatic heterocycles. The molecule has 0 unspecified atom stereocenters. The van der Waals surface area contributed by atoms with Crippen LogP contribution in [0.4, 0.5) is 4.39 Å². The van der Waals surface area contributed by atoms with Crippen LogP contribution in [0.2, 0.25) is 0 Å². The van der Waals surface area contributed by atoms with Gasteiger partial charge in [-0.1, -0.05) is 12.1 Å². The smallest absolute Gasteiger partial charge is 0.165 e. The molecular weight excluding hydrogens is 259 g/mol. The van der Waals surface area contributed by atoms with Crippen LogP contribution in [0.3, 0.4) is 0 Å². The normalized spacial score (nSPS) is 17.3. The molecule has 0 atom stereocenters. The molecule has 0 aromatic heterocycles. The second-order valence-electron chi connectivity index (χ2n) is 4.95. The van der Waals surface area contributed by atoms with Gasteiger partial charge in [-0.05, 0) is 12.1 Å². The highest BCUT2D eigenvalue weighted by molar-refractivity contribution is 5.23. The Morgan fingerprint density at radius 2 is 1.60 bits per heavy atom. The topological polar surface area (TPSA) is 24.9 Å². The number of para-hydroxylation sites is 1. The number of halogens is 1. The number of rotatable bonds is 7. The number of methoxy groups -OCH3 is 1. The molecule has 0 saturated carbocycles. The van der Waals surface area contributed by atoms with Crippen molar-refractivity contribution in [3.63, 3.8) is 0 Å². The van der Waals surface area contributed by atoms with Gasteiger partial charge in [0.15, 0.2) is 11.6 Å². The second kappa shape index (κ2) is 8.19. The largest absolute Gasteiger partial charge is 0.489 e. The van der Waals surface area contributed by atoms with Crippen LogP contribution >= 0.6 is 0 Å². The molecule has 4 nitrogen and oxygen atoms in total. The maximum atomic E-state index is 13.4. The van der Waals surface area contributed by atoms with Gasteiger partial charge in [0.05, 0.1) is 6.61 Å². The molecule has 1 aromatic carbocycles. The van der Waals surface area contributed by atoms with Crippen molar-refractivity contribution in [2.45, 2.75) is 0 Å². The summed E-state index contributed by atoms with van der Waals surface area (Å²) in [5.41, 5.74) is 0. The van der Waals surface area contributed by atoms with E-state index in [1.807, 2.05) is 0 Å². The fourth-order valence-corrected chi connectivity index (χ4v) is 2.30. The lowest BCUT2D eigenvalue weighted by molar-refractivity contribution is 0.0890. The van der Waals surface area contributed by atoms with Crippen LogP contribution in [0.5, 0.6) is 5.75 Å². The van der Waals surface area contributed by atoms with Crippen molar-refractivity contribution >= 4 is 0 Å². The fraction of sp³-hybridized carbons (Fsp3) is 0.600. The Bertz CT molecular complexity index is 395. The van der Waals surface area contributed by atoms with E-state index in [-0.39, 0.29) is 5.82 Å². The molecular formula is C15H23FN2O2. The number of hydrogen-bond donors (Lipinski definition) is 0. The van der Waals surface area contributed by atoms with Gasteiger partial charge in [0.2, 0.25) is 0 Å². The van der Waals surface area contributed by atoms with E-state index in [1.54, 1.807) is 25.3 Å². The first kappa shape index (κ1) is 15.2. The van der Waals surface area contributed by atoms with Crippen LogP contribution in [-0.2, 0) is 4.74 Å². The third-order valence-corrected chi connectivity index (χ3v) is 3.58. The van der Waals surface area contributed by atoms with Gasteiger partial charge in [-0.15, -0.1) is 0 Å². The Kier molecular flexibility index (Phi) is 6.24. The van der Waals surface area contributed by atoms with E-state index >= 15 is 0 Å². The summed E-state index contributed by atoms with van der Waals surface area (Å²) >= 11 is 0. The van der Waals surface area contributed by atoms with E-state index in [0.717, 1.165) is 45.9 Å². The molecule has 0 radical (unpaired) electrons. The van der Waals surface area contributed by atoms with E-state index in [9.17, 15) is 4.39 Å². The number of ether oxygens (including phenoxy) is 2. The Balaban J connectivity index is 1.63. The highest BCUT2D eigenvalue weighted by atomic mass is 19.1. The van der Waals surface area contributed by atoms with Crippen LogP contribution in [0, 0.1) is 5.82 Å². The van der Waals surface area contributed by atoms with Gasteiger partial charge in [0.1, 0.15) is 6.61 Å². The molecule has 0 N–H and O–H groups in total. The minimum Gasteiger partial charge on any atom is -0.489 e. The fourth-order valence-electron chi connectivity index (χ4n) is 2.30. The molecule has 20 heavy (non-hydrogen) atoms. The molecule has 1 aromatic rings. The molecule has 1 aliphatic rings. The van der Waals surface area contributed by atoms with Gasteiger partial charge in [0.25, 0.3) is 0 Å². The minimum absolute atomic E-state index is 0.295. The monoisotopic (exact) mass is 282 g/mol. The molecule has 1 heterocycles. The summed E-state index contributed by atoms with van der Waals surface area (Å²) in [5.74, 6) is 0.0446. The second-order valence-corrected chi connectivity index (χ2v) is 4.95. The summed E-state index contributed by atoms with van der Waals surface area (Å²) in [5, 5.41) is 0. The summed E-state index contributed by atoms with van der Waals surface area (Å²) in [4.78, 5) is 4.75. The van der Waals surface area contributed by atoms with Crippen LogP contribution < -0.4 is 4.74 Å². The molecule has 0 amide bonds. The molecule has 2 rings (SSSR count). The molecule has 112 valence electrons. The standard InChI is InChI=1S/C15H23FN2O2/c1-19-12-10-17-6-8-18(9-7-17)11-13-20-15-5-3-2-4-14(15)16/h2-5H,6-13H2,1H3. The zero-order valence-electron chi connectivity index (χ0n) is 12.1. The lowest BCUT2D eigenvalue weighted by atomic mass is 10.3. The average molecular weight is 282 g/mol. The highest BCUT2D eigenvalue weighted by Crippen LogP contribution is 2.15. The van der Waals surface area contributed by atoms with Crippen LogP contribution in [-0.4, -0.2) is 69.4 Å². The third kappa shape index (κ3) is 4.74. The number of benzene rings is 1. The van der Waals surface area contributed by atoms with E-state index in [0.29, 0.717) is 12.4 Å². The van der Waals surface area contributed by atoms with Gasteiger partial charge >= 0.3 is 0 Å². The molecule has 0 spiro atoms. The summed E-state index contributed by atoms with van der Waals surface area (Å²) in [7, 11) is 1.73. The van der Waals surface area contributed by atoms with Crippen molar-refractivity contribution < 1.29 is 13.9 Å². The Hall–Kier alpha value is -1.17. The summed E-state index contributed by atoms with van der Waals surface area (Å²) in [6.45, 7) is 7.33. The van der Waals surface area contributed by atoms with E-state index in [1.165, 1.54) is 6.07 Å². The molecule has 1 saturated heterocycles. The van der Waals surface area contributed by atoms with Crippen LogP contribution in [0.1, 0.15) is 0 Å². The Morgan fingerprint density at radius 3 is 2.20 bits per heavy atom. The number of hydrogen-bond acceptors (Lipinski definition) is 4. The predicted octanol–water partition coefficient (Wildman–Crippen LogP) is 1.47. The average Bonchev–Trinajstić information content (AvgIpc) is 2.48. The first-order valence-corrected chi connectivity index (χ1v) is 7.10. The van der Waals surface area contributed by atoms with Crippen LogP contribution in [0.25, 0.3) is 0 Å². The quantitative estimate of drug-likeness (QED) is 0.756. The van der Waals surface area contributed by atoms with Crippen LogP contribution in [0.15, 0.2) is 24.3 Å².